The number of carbonyl (C=O) groups excluding carboxylic acids is 2. The highest BCUT2D eigenvalue weighted by atomic mass is 28.4. The molecule has 228 valence electrons. The number of rotatable bonds is 9. The fourth-order valence-electron chi connectivity index (χ4n) is 7.41. The Balaban J connectivity index is 1.40. The molecule has 6 rings (SSSR count). The number of benzene rings is 2. The van der Waals surface area contributed by atoms with Crippen LogP contribution in [0.15, 0.2) is 54.7 Å². The lowest BCUT2D eigenvalue weighted by Gasteiger charge is -2.32. The fourth-order valence-corrected chi connectivity index (χ4v) is 9.95. The van der Waals surface area contributed by atoms with Gasteiger partial charge in [0.25, 0.3) is 5.91 Å². The molecule has 0 bridgehead atoms. The van der Waals surface area contributed by atoms with Gasteiger partial charge in [-0.25, -0.2) is 0 Å². The van der Waals surface area contributed by atoms with Crippen LogP contribution >= 0.6 is 0 Å². The average Bonchev–Trinajstić information content (AvgIpc) is 3.63. The molecule has 3 aliphatic rings. The van der Waals surface area contributed by atoms with Crippen molar-refractivity contribution in [3.63, 3.8) is 0 Å². The standard InChI is InChI=1S/C32H40FN5O4Si/c1-22-30(43(2,3)33)28(14-17-36-21-24(15-18-39)34-35-36)42-32(22)26-19-25(37-16-8-7-11-29(37)40)12-13-27(26)38(31(32)41)20-23-9-5-4-6-10-23/h4-6,9-10,12-13,19,21-22,28,30,39H,7-8,11,14-18,20H2,1-3H3/t22-,28+,30-,32+/m1/s1. The maximum Gasteiger partial charge on any atom is 0.264 e. The number of ether oxygens (including phenoxy) is 1. The summed E-state index contributed by atoms with van der Waals surface area (Å²) in [6.45, 7) is 6.79. The number of hydrogen-bond acceptors (Lipinski definition) is 6. The van der Waals surface area contributed by atoms with Gasteiger partial charge in [-0.15, -0.1) is 5.10 Å². The van der Waals surface area contributed by atoms with E-state index in [0.717, 1.165) is 29.8 Å². The number of nitrogens with zero attached hydrogens (tertiary/aromatic N) is 5. The second-order valence-corrected chi connectivity index (χ2v) is 16.4. The molecule has 1 aromatic heterocycles. The van der Waals surface area contributed by atoms with Gasteiger partial charge < -0.3 is 23.8 Å². The van der Waals surface area contributed by atoms with Gasteiger partial charge in [-0.2, -0.15) is 0 Å². The summed E-state index contributed by atoms with van der Waals surface area (Å²) < 4.78 is 24.9. The van der Waals surface area contributed by atoms with E-state index in [1.807, 2.05) is 55.5 Å². The smallest absolute Gasteiger partial charge is 0.264 e. The number of hydrogen-bond donors (Lipinski definition) is 1. The Morgan fingerprint density at radius 2 is 1.93 bits per heavy atom. The van der Waals surface area contributed by atoms with E-state index in [2.05, 4.69) is 10.3 Å². The lowest BCUT2D eigenvalue weighted by Crippen LogP contribution is -2.45. The van der Waals surface area contributed by atoms with Crippen LogP contribution in [0.5, 0.6) is 0 Å². The van der Waals surface area contributed by atoms with Crippen LogP contribution in [0, 0.1) is 5.92 Å². The molecule has 0 saturated carbocycles. The van der Waals surface area contributed by atoms with E-state index in [-0.39, 0.29) is 18.4 Å². The first-order chi connectivity index (χ1) is 20.6. The predicted molar refractivity (Wildman–Crippen MR) is 164 cm³/mol. The lowest BCUT2D eigenvalue weighted by molar-refractivity contribution is -0.146. The Hall–Kier alpha value is -3.41. The maximum atomic E-state index is 16.2. The third-order valence-electron chi connectivity index (χ3n) is 9.36. The monoisotopic (exact) mass is 605 g/mol. The van der Waals surface area contributed by atoms with Gasteiger partial charge in [-0.3, -0.25) is 14.3 Å². The van der Waals surface area contributed by atoms with Crippen LogP contribution in [0.25, 0.3) is 0 Å². The third kappa shape index (κ3) is 5.31. The highest BCUT2D eigenvalue weighted by Crippen LogP contribution is 2.60. The van der Waals surface area contributed by atoms with Gasteiger partial charge in [0.2, 0.25) is 14.3 Å². The number of amides is 2. The SMILES string of the molecule is C[C@@H]1[C@@H]([Si](C)(C)F)[C@H](CCn2cc(CCO)nn2)O[C@@]12C(=O)N(Cc1ccccc1)c1ccc(N3CCCCC3=O)cc12. The van der Waals surface area contributed by atoms with Gasteiger partial charge in [0, 0.05) is 61.4 Å². The number of halogens is 1. The zero-order chi connectivity index (χ0) is 30.4. The van der Waals surface area contributed by atoms with Crippen molar-refractivity contribution in [2.75, 3.05) is 23.0 Å². The molecule has 0 radical (unpaired) electrons. The molecule has 3 aromatic rings. The summed E-state index contributed by atoms with van der Waals surface area (Å²) in [5.74, 6) is -0.533. The summed E-state index contributed by atoms with van der Waals surface area (Å²) >= 11 is 0. The minimum Gasteiger partial charge on any atom is -0.396 e. The molecule has 9 nitrogen and oxygen atoms in total. The molecule has 2 aromatic carbocycles. The summed E-state index contributed by atoms with van der Waals surface area (Å²) in [4.78, 5) is 31.1. The number of aryl methyl sites for hydroxylation is 1. The maximum absolute atomic E-state index is 16.2. The first-order valence-electron chi connectivity index (χ1n) is 15.3. The summed E-state index contributed by atoms with van der Waals surface area (Å²) in [5.41, 5.74) is 2.08. The van der Waals surface area contributed by atoms with Crippen molar-refractivity contribution >= 4 is 31.6 Å². The lowest BCUT2D eigenvalue weighted by atomic mass is 9.82. The number of aliphatic hydroxyl groups is 1. The molecule has 2 saturated heterocycles. The molecular weight excluding hydrogens is 565 g/mol. The Morgan fingerprint density at radius 3 is 2.65 bits per heavy atom. The van der Waals surface area contributed by atoms with E-state index >= 15 is 4.11 Å². The van der Waals surface area contributed by atoms with Gasteiger partial charge in [-0.05, 0) is 56.1 Å². The van der Waals surface area contributed by atoms with Crippen molar-refractivity contribution < 1.29 is 23.5 Å². The molecular formula is C32H40FN5O4Si. The van der Waals surface area contributed by atoms with Crippen molar-refractivity contribution in [2.45, 2.75) is 82.5 Å². The molecule has 0 unspecified atom stereocenters. The molecule has 1 N–H and O–H groups in total. The predicted octanol–water partition coefficient (Wildman–Crippen LogP) is 4.74. The van der Waals surface area contributed by atoms with Crippen LogP contribution in [-0.4, -0.2) is 59.6 Å². The zero-order valence-corrected chi connectivity index (χ0v) is 26.1. The number of piperidine rings is 1. The van der Waals surface area contributed by atoms with Crippen LogP contribution < -0.4 is 9.80 Å². The van der Waals surface area contributed by atoms with Crippen molar-refractivity contribution in [1.29, 1.82) is 0 Å². The molecule has 2 fully saturated rings. The van der Waals surface area contributed by atoms with Gasteiger partial charge in [-0.1, -0.05) is 42.5 Å². The number of aromatic nitrogens is 3. The molecule has 1 spiro atoms. The number of anilines is 2. The number of carbonyl (C=O) groups is 2. The van der Waals surface area contributed by atoms with Crippen molar-refractivity contribution in [2.24, 2.45) is 5.92 Å². The summed E-state index contributed by atoms with van der Waals surface area (Å²) in [6.07, 6.45) is 4.46. The third-order valence-corrected chi connectivity index (χ3v) is 11.8. The van der Waals surface area contributed by atoms with E-state index in [4.69, 9.17) is 4.74 Å². The summed E-state index contributed by atoms with van der Waals surface area (Å²) in [6, 6.07) is 15.6. The van der Waals surface area contributed by atoms with E-state index in [9.17, 15) is 14.7 Å². The van der Waals surface area contributed by atoms with Crippen LogP contribution in [0.4, 0.5) is 15.5 Å². The fraction of sp³-hybridized carbons (Fsp3) is 0.500. The number of fused-ring (bicyclic) bond motifs is 2. The molecule has 4 atom stereocenters. The highest BCUT2D eigenvalue weighted by molar-refractivity contribution is 6.72. The van der Waals surface area contributed by atoms with Crippen molar-refractivity contribution in [3.05, 3.63) is 71.5 Å². The molecule has 0 aliphatic carbocycles. The van der Waals surface area contributed by atoms with Gasteiger partial charge in [0.1, 0.15) is 0 Å². The van der Waals surface area contributed by atoms with Crippen LogP contribution in [0.1, 0.15) is 49.4 Å². The van der Waals surface area contributed by atoms with Crippen LogP contribution in [0.3, 0.4) is 0 Å². The van der Waals surface area contributed by atoms with E-state index in [1.165, 1.54) is 0 Å². The molecule has 2 amide bonds. The molecule has 11 heteroatoms. The second-order valence-electron chi connectivity index (χ2n) is 12.6. The van der Waals surface area contributed by atoms with Crippen molar-refractivity contribution in [1.82, 2.24) is 15.0 Å². The Morgan fingerprint density at radius 1 is 1.14 bits per heavy atom. The minimum absolute atomic E-state index is 0.0137. The topological polar surface area (TPSA) is 101 Å². The van der Waals surface area contributed by atoms with Gasteiger partial charge in [0.15, 0.2) is 5.60 Å². The normalized spacial score (nSPS) is 25.7. The quantitative estimate of drug-likeness (QED) is 0.279. The molecule has 3 aliphatic heterocycles. The Labute approximate surface area is 252 Å². The Kier molecular flexibility index (Phi) is 7.99. The summed E-state index contributed by atoms with van der Waals surface area (Å²) in [7, 11) is -3.33. The first-order valence-corrected chi connectivity index (χ1v) is 18.3. The van der Waals surface area contributed by atoms with Gasteiger partial charge >= 0.3 is 0 Å². The van der Waals surface area contributed by atoms with Crippen molar-refractivity contribution in [3.8, 4) is 0 Å². The zero-order valence-electron chi connectivity index (χ0n) is 25.1. The van der Waals surface area contributed by atoms with E-state index in [1.54, 1.807) is 33.8 Å². The Bertz CT molecular complexity index is 1490. The van der Waals surface area contributed by atoms with Crippen LogP contribution in [-0.2, 0) is 39.4 Å². The van der Waals surface area contributed by atoms with E-state index < -0.39 is 31.6 Å². The number of aliphatic hydroxyl groups excluding tert-OH is 1. The molecule has 43 heavy (non-hydrogen) atoms. The van der Waals surface area contributed by atoms with Crippen LogP contribution in [0.2, 0.25) is 18.6 Å². The second kappa shape index (κ2) is 11.6. The molecule has 4 heterocycles. The first kappa shape index (κ1) is 29.6. The van der Waals surface area contributed by atoms with Gasteiger partial charge in [0.05, 0.1) is 24.0 Å². The van der Waals surface area contributed by atoms with E-state index in [0.29, 0.717) is 50.2 Å². The highest BCUT2D eigenvalue weighted by Gasteiger charge is 2.66. The summed E-state index contributed by atoms with van der Waals surface area (Å²) in [5, 5.41) is 17.5. The average molecular weight is 606 g/mol. The largest absolute Gasteiger partial charge is 0.396 e. The minimum atomic E-state index is -3.33.